The molecule has 0 radical (unpaired) electrons. The van der Waals surface area contributed by atoms with Gasteiger partial charge in [0.05, 0.1) is 4.88 Å². The van der Waals surface area contributed by atoms with Gasteiger partial charge in [0.1, 0.15) is 0 Å². The summed E-state index contributed by atoms with van der Waals surface area (Å²) in [5.74, 6) is 0.262. The zero-order valence-electron chi connectivity index (χ0n) is 10.7. The molecule has 0 aliphatic rings. The van der Waals surface area contributed by atoms with Crippen molar-refractivity contribution in [2.75, 3.05) is 0 Å². The first-order valence-electron chi connectivity index (χ1n) is 6.38. The van der Waals surface area contributed by atoms with Crippen molar-refractivity contribution in [3.63, 3.8) is 0 Å². The number of Topliss-reactive ketones (excluding diaryl/α,β-unsaturated/α-hetero) is 1. The minimum atomic E-state index is 0.262. The lowest BCUT2D eigenvalue weighted by Gasteiger charge is -1.95. The largest absolute Gasteiger partial charge is 0.293 e. The van der Waals surface area contributed by atoms with Crippen molar-refractivity contribution in [3.05, 3.63) is 46.0 Å². The Kier molecular flexibility index (Phi) is 3.49. The van der Waals surface area contributed by atoms with Crippen LogP contribution in [0.3, 0.4) is 0 Å². The molecule has 2 heterocycles. The van der Waals surface area contributed by atoms with E-state index in [0.717, 1.165) is 11.3 Å². The van der Waals surface area contributed by atoms with Crippen molar-refractivity contribution >= 4 is 38.5 Å². The van der Waals surface area contributed by atoms with E-state index in [4.69, 9.17) is 0 Å². The molecule has 0 aliphatic heterocycles. The number of rotatable bonds is 4. The Balaban J connectivity index is 2.01. The fraction of sp³-hybridized carbons (Fsp3) is 0.188. The van der Waals surface area contributed by atoms with E-state index in [0.29, 0.717) is 6.42 Å². The molecule has 3 heteroatoms. The number of carbonyl (C=O) groups excluding carboxylic acids is 1. The second-order valence-electron chi connectivity index (χ2n) is 4.52. The van der Waals surface area contributed by atoms with Crippen molar-refractivity contribution in [1.29, 1.82) is 0 Å². The fourth-order valence-corrected chi connectivity index (χ4v) is 4.02. The summed E-state index contributed by atoms with van der Waals surface area (Å²) in [4.78, 5) is 12.8. The SMILES string of the molecule is CCCC(=O)c1cc(-c2csc3ccccc23)cs1. The number of hydrogen-bond donors (Lipinski definition) is 0. The van der Waals surface area contributed by atoms with E-state index >= 15 is 0 Å². The van der Waals surface area contributed by atoms with E-state index in [-0.39, 0.29) is 5.78 Å². The van der Waals surface area contributed by atoms with E-state index in [1.54, 1.807) is 22.7 Å². The molecule has 0 amide bonds. The van der Waals surface area contributed by atoms with Crippen LogP contribution in [-0.4, -0.2) is 5.78 Å². The summed E-state index contributed by atoms with van der Waals surface area (Å²) in [5.41, 5.74) is 2.41. The predicted molar refractivity (Wildman–Crippen MR) is 84.4 cm³/mol. The average molecular weight is 286 g/mol. The normalized spacial score (nSPS) is 11.0. The van der Waals surface area contributed by atoms with E-state index in [2.05, 4.69) is 35.0 Å². The highest BCUT2D eigenvalue weighted by Gasteiger charge is 2.11. The van der Waals surface area contributed by atoms with Gasteiger partial charge in [0.25, 0.3) is 0 Å². The Morgan fingerprint density at radius 3 is 2.84 bits per heavy atom. The minimum Gasteiger partial charge on any atom is -0.293 e. The van der Waals surface area contributed by atoms with Crippen LogP contribution in [0.5, 0.6) is 0 Å². The molecule has 19 heavy (non-hydrogen) atoms. The van der Waals surface area contributed by atoms with Gasteiger partial charge in [-0.1, -0.05) is 25.1 Å². The Hall–Kier alpha value is -1.45. The van der Waals surface area contributed by atoms with Crippen molar-refractivity contribution < 1.29 is 4.79 Å². The van der Waals surface area contributed by atoms with Crippen LogP contribution in [-0.2, 0) is 0 Å². The van der Waals surface area contributed by atoms with Gasteiger partial charge in [0.15, 0.2) is 5.78 Å². The van der Waals surface area contributed by atoms with Gasteiger partial charge in [0, 0.05) is 22.1 Å². The van der Waals surface area contributed by atoms with Gasteiger partial charge in [-0.25, -0.2) is 0 Å². The third-order valence-electron chi connectivity index (χ3n) is 3.14. The Labute approximate surface area is 120 Å². The number of hydrogen-bond acceptors (Lipinski definition) is 3. The third kappa shape index (κ3) is 2.36. The smallest absolute Gasteiger partial charge is 0.172 e. The van der Waals surface area contributed by atoms with E-state index < -0.39 is 0 Å². The first kappa shape index (κ1) is 12.6. The molecule has 0 spiro atoms. The van der Waals surface area contributed by atoms with Gasteiger partial charge in [-0.05, 0) is 34.9 Å². The summed E-state index contributed by atoms with van der Waals surface area (Å²) in [6.45, 7) is 2.04. The summed E-state index contributed by atoms with van der Waals surface area (Å²) in [6, 6.07) is 10.4. The van der Waals surface area contributed by atoms with Gasteiger partial charge in [0.2, 0.25) is 0 Å². The first-order valence-corrected chi connectivity index (χ1v) is 8.14. The molecule has 2 aromatic heterocycles. The molecule has 0 saturated carbocycles. The summed E-state index contributed by atoms with van der Waals surface area (Å²) < 4.78 is 1.30. The van der Waals surface area contributed by atoms with Gasteiger partial charge in [-0.15, -0.1) is 22.7 Å². The van der Waals surface area contributed by atoms with E-state index in [1.807, 2.05) is 13.0 Å². The quantitative estimate of drug-likeness (QED) is 0.569. The number of carbonyl (C=O) groups is 1. The monoisotopic (exact) mass is 286 g/mol. The molecule has 0 atom stereocenters. The predicted octanol–water partition coefficient (Wildman–Crippen LogP) is 5.61. The zero-order chi connectivity index (χ0) is 13.2. The third-order valence-corrected chi connectivity index (χ3v) is 5.08. The first-order chi connectivity index (χ1) is 9.29. The maximum atomic E-state index is 11.9. The van der Waals surface area contributed by atoms with Gasteiger partial charge >= 0.3 is 0 Å². The van der Waals surface area contributed by atoms with Crippen molar-refractivity contribution in [2.45, 2.75) is 19.8 Å². The lowest BCUT2D eigenvalue weighted by atomic mass is 10.1. The number of fused-ring (bicyclic) bond motifs is 1. The average Bonchev–Trinajstić information content (AvgIpc) is 3.05. The van der Waals surface area contributed by atoms with Crippen molar-refractivity contribution in [1.82, 2.24) is 0 Å². The number of thiophene rings is 2. The molecule has 0 N–H and O–H groups in total. The number of ketones is 1. The molecule has 0 unspecified atom stereocenters. The molecular formula is C16H14OS2. The molecule has 3 rings (SSSR count). The number of benzene rings is 1. The van der Waals surface area contributed by atoms with Crippen LogP contribution in [0.15, 0.2) is 41.1 Å². The van der Waals surface area contributed by atoms with Crippen molar-refractivity contribution in [3.8, 4) is 11.1 Å². The maximum absolute atomic E-state index is 11.9. The van der Waals surface area contributed by atoms with E-state index in [1.165, 1.54) is 21.2 Å². The minimum absolute atomic E-state index is 0.262. The van der Waals surface area contributed by atoms with Gasteiger partial charge in [-0.3, -0.25) is 4.79 Å². The van der Waals surface area contributed by atoms with Gasteiger partial charge < -0.3 is 0 Å². The molecule has 0 bridgehead atoms. The van der Waals surface area contributed by atoms with Crippen LogP contribution in [0.2, 0.25) is 0 Å². The van der Waals surface area contributed by atoms with Gasteiger partial charge in [-0.2, -0.15) is 0 Å². The van der Waals surface area contributed by atoms with E-state index in [9.17, 15) is 4.79 Å². The van der Waals surface area contributed by atoms with Crippen LogP contribution in [0, 0.1) is 0 Å². The highest BCUT2D eigenvalue weighted by Crippen LogP contribution is 2.36. The molecule has 0 aliphatic carbocycles. The summed E-state index contributed by atoms with van der Waals surface area (Å²) in [7, 11) is 0. The standard InChI is InChI=1S/C16H14OS2/c1-2-5-14(17)16-8-11(9-18-16)13-10-19-15-7-4-3-6-12(13)15/h3-4,6-10H,2,5H2,1H3. The zero-order valence-corrected chi connectivity index (χ0v) is 12.3. The lowest BCUT2D eigenvalue weighted by molar-refractivity contribution is 0.0985. The fourth-order valence-electron chi connectivity index (χ4n) is 2.18. The second-order valence-corrected chi connectivity index (χ2v) is 6.34. The molecule has 0 fully saturated rings. The Bertz CT molecular complexity index is 721. The molecular weight excluding hydrogens is 272 g/mol. The van der Waals surface area contributed by atoms with Crippen molar-refractivity contribution in [2.24, 2.45) is 0 Å². The Morgan fingerprint density at radius 2 is 2.00 bits per heavy atom. The Morgan fingerprint density at radius 1 is 1.16 bits per heavy atom. The second kappa shape index (κ2) is 5.27. The molecule has 1 aromatic carbocycles. The van der Waals surface area contributed by atoms with Crippen LogP contribution in [0.1, 0.15) is 29.4 Å². The van der Waals surface area contributed by atoms with Crippen LogP contribution < -0.4 is 0 Å². The summed E-state index contributed by atoms with van der Waals surface area (Å²) >= 11 is 3.32. The highest BCUT2D eigenvalue weighted by molar-refractivity contribution is 7.18. The summed E-state index contributed by atoms with van der Waals surface area (Å²) in [6.07, 6.45) is 1.55. The lowest BCUT2D eigenvalue weighted by Crippen LogP contribution is -1.93. The van der Waals surface area contributed by atoms with Crippen LogP contribution >= 0.6 is 22.7 Å². The molecule has 96 valence electrons. The van der Waals surface area contributed by atoms with Crippen LogP contribution in [0.4, 0.5) is 0 Å². The molecule has 0 saturated heterocycles. The molecule has 1 nitrogen and oxygen atoms in total. The highest BCUT2D eigenvalue weighted by atomic mass is 32.1. The van der Waals surface area contributed by atoms with Crippen LogP contribution in [0.25, 0.3) is 21.2 Å². The maximum Gasteiger partial charge on any atom is 0.172 e. The molecule has 3 aromatic rings. The topological polar surface area (TPSA) is 17.1 Å². The summed E-state index contributed by atoms with van der Waals surface area (Å²) in [5, 5.41) is 5.55.